The van der Waals surface area contributed by atoms with Crippen molar-refractivity contribution in [2.75, 3.05) is 6.61 Å². The van der Waals surface area contributed by atoms with Crippen LogP contribution in [0.3, 0.4) is 0 Å². The molecule has 1 aromatic rings. The molecule has 0 aliphatic carbocycles. The molecule has 16 heavy (non-hydrogen) atoms. The Kier molecular flexibility index (Phi) is 4.83. The van der Waals surface area contributed by atoms with Crippen LogP contribution in [0.4, 0.5) is 0 Å². The standard InChI is InChI=1S/C11H10BrClO3/c1-7(11(14)15)4-5-16-10-6-8(12)2-3-9(10)13/h2-4,6H,5H2,1H3,(H,14,15). The predicted molar refractivity (Wildman–Crippen MR) is 66.0 cm³/mol. The van der Waals surface area contributed by atoms with Crippen molar-refractivity contribution in [3.05, 3.63) is 39.3 Å². The van der Waals surface area contributed by atoms with Gasteiger partial charge < -0.3 is 9.84 Å². The highest BCUT2D eigenvalue weighted by Gasteiger charge is 2.02. The second kappa shape index (κ2) is 5.92. The lowest BCUT2D eigenvalue weighted by Crippen LogP contribution is -2.01. The molecule has 1 rings (SSSR count). The largest absolute Gasteiger partial charge is 0.488 e. The van der Waals surface area contributed by atoms with Crippen molar-refractivity contribution in [3.8, 4) is 5.75 Å². The van der Waals surface area contributed by atoms with E-state index in [2.05, 4.69) is 15.9 Å². The van der Waals surface area contributed by atoms with E-state index in [0.29, 0.717) is 10.8 Å². The van der Waals surface area contributed by atoms with Crippen molar-refractivity contribution in [1.82, 2.24) is 0 Å². The Morgan fingerprint density at radius 1 is 1.62 bits per heavy atom. The summed E-state index contributed by atoms with van der Waals surface area (Å²) in [5.74, 6) is -0.436. The Labute approximate surface area is 107 Å². The molecule has 86 valence electrons. The van der Waals surface area contributed by atoms with E-state index in [1.165, 1.54) is 13.0 Å². The quantitative estimate of drug-likeness (QED) is 0.866. The molecular weight excluding hydrogens is 295 g/mol. The molecule has 0 aromatic heterocycles. The van der Waals surface area contributed by atoms with Crippen LogP contribution in [0.1, 0.15) is 6.92 Å². The van der Waals surface area contributed by atoms with E-state index in [-0.39, 0.29) is 12.2 Å². The summed E-state index contributed by atoms with van der Waals surface area (Å²) in [7, 11) is 0. The molecule has 1 N–H and O–H groups in total. The first-order valence-electron chi connectivity index (χ1n) is 4.48. The summed E-state index contributed by atoms with van der Waals surface area (Å²) in [5, 5.41) is 9.11. The molecule has 1 aromatic carbocycles. The Morgan fingerprint density at radius 3 is 2.94 bits per heavy atom. The minimum atomic E-state index is -0.955. The third-order valence-corrected chi connectivity index (χ3v) is 2.66. The monoisotopic (exact) mass is 304 g/mol. The van der Waals surface area contributed by atoms with Crippen LogP contribution < -0.4 is 4.74 Å². The average Bonchev–Trinajstić information content (AvgIpc) is 2.22. The van der Waals surface area contributed by atoms with Gasteiger partial charge in [0.1, 0.15) is 12.4 Å². The number of halogens is 2. The van der Waals surface area contributed by atoms with E-state index < -0.39 is 5.97 Å². The highest BCUT2D eigenvalue weighted by molar-refractivity contribution is 9.10. The van der Waals surface area contributed by atoms with Crippen molar-refractivity contribution in [3.63, 3.8) is 0 Å². The third kappa shape index (κ3) is 3.87. The molecule has 0 amide bonds. The molecule has 0 aliphatic heterocycles. The molecule has 5 heteroatoms. The van der Waals surface area contributed by atoms with Gasteiger partial charge in [-0.3, -0.25) is 0 Å². The number of carboxylic acids is 1. The zero-order valence-electron chi connectivity index (χ0n) is 8.54. The van der Waals surface area contributed by atoms with E-state index in [9.17, 15) is 4.79 Å². The maximum atomic E-state index is 10.5. The van der Waals surface area contributed by atoms with Crippen LogP contribution in [0.25, 0.3) is 0 Å². The Morgan fingerprint density at radius 2 is 2.31 bits per heavy atom. The summed E-state index contributed by atoms with van der Waals surface area (Å²) in [4.78, 5) is 10.5. The van der Waals surface area contributed by atoms with E-state index in [0.717, 1.165) is 4.47 Å². The molecule has 0 saturated heterocycles. The SMILES string of the molecule is CC(=CCOc1cc(Br)ccc1Cl)C(=O)O. The third-order valence-electron chi connectivity index (χ3n) is 1.86. The summed E-state index contributed by atoms with van der Waals surface area (Å²) in [6.07, 6.45) is 1.49. The Bertz CT molecular complexity index is 429. The van der Waals surface area contributed by atoms with Gasteiger partial charge in [0.2, 0.25) is 0 Å². The normalized spacial score (nSPS) is 11.3. The Hall–Kier alpha value is -1.00. The zero-order chi connectivity index (χ0) is 12.1. The first kappa shape index (κ1) is 13.1. The molecule has 0 aliphatic rings. The molecule has 0 radical (unpaired) electrons. The van der Waals surface area contributed by atoms with Gasteiger partial charge >= 0.3 is 5.97 Å². The molecular formula is C11H10BrClO3. The van der Waals surface area contributed by atoms with Crippen molar-refractivity contribution < 1.29 is 14.6 Å². The van der Waals surface area contributed by atoms with Gasteiger partial charge in [0, 0.05) is 10.0 Å². The maximum absolute atomic E-state index is 10.5. The van der Waals surface area contributed by atoms with E-state index in [1.807, 2.05) is 0 Å². The molecule has 0 spiro atoms. The van der Waals surface area contributed by atoms with Gasteiger partial charge in [-0.05, 0) is 31.2 Å². The number of carboxylic acid groups (broad SMARTS) is 1. The van der Waals surface area contributed by atoms with Crippen LogP contribution in [0, 0.1) is 0 Å². The fourth-order valence-corrected chi connectivity index (χ4v) is 1.44. The highest BCUT2D eigenvalue weighted by atomic mass is 79.9. The van der Waals surface area contributed by atoms with Crippen molar-refractivity contribution in [1.29, 1.82) is 0 Å². The predicted octanol–water partition coefficient (Wildman–Crippen LogP) is 3.51. The average molecular weight is 306 g/mol. The van der Waals surface area contributed by atoms with Gasteiger partial charge in [-0.1, -0.05) is 27.5 Å². The Balaban J connectivity index is 2.65. The minimum Gasteiger partial charge on any atom is -0.488 e. The topological polar surface area (TPSA) is 46.5 Å². The molecule has 0 atom stereocenters. The van der Waals surface area contributed by atoms with Gasteiger partial charge in [-0.25, -0.2) is 4.79 Å². The molecule has 0 unspecified atom stereocenters. The van der Waals surface area contributed by atoms with Gasteiger partial charge in [0.15, 0.2) is 0 Å². The van der Waals surface area contributed by atoms with Crippen LogP contribution in [-0.2, 0) is 4.79 Å². The lowest BCUT2D eigenvalue weighted by atomic mass is 10.3. The van der Waals surface area contributed by atoms with Gasteiger partial charge in [0.25, 0.3) is 0 Å². The lowest BCUT2D eigenvalue weighted by Gasteiger charge is -2.06. The number of ether oxygens (including phenoxy) is 1. The van der Waals surface area contributed by atoms with E-state index >= 15 is 0 Å². The first-order chi connectivity index (χ1) is 7.50. The summed E-state index contributed by atoms with van der Waals surface area (Å²) < 4.78 is 6.19. The molecule has 3 nitrogen and oxygen atoms in total. The van der Waals surface area contributed by atoms with Gasteiger partial charge in [0.05, 0.1) is 5.02 Å². The van der Waals surface area contributed by atoms with Crippen LogP contribution in [0.15, 0.2) is 34.3 Å². The number of hydrogen-bond donors (Lipinski definition) is 1. The zero-order valence-corrected chi connectivity index (χ0v) is 10.9. The smallest absolute Gasteiger partial charge is 0.331 e. The summed E-state index contributed by atoms with van der Waals surface area (Å²) in [6, 6.07) is 5.23. The van der Waals surface area contributed by atoms with Crippen LogP contribution in [0.2, 0.25) is 5.02 Å². The van der Waals surface area contributed by atoms with Crippen molar-refractivity contribution >= 4 is 33.5 Å². The van der Waals surface area contributed by atoms with Crippen molar-refractivity contribution in [2.24, 2.45) is 0 Å². The van der Waals surface area contributed by atoms with Gasteiger partial charge in [-0.15, -0.1) is 0 Å². The van der Waals surface area contributed by atoms with Crippen LogP contribution in [-0.4, -0.2) is 17.7 Å². The van der Waals surface area contributed by atoms with E-state index in [1.54, 1.807) is 18.2 Å². The number of benzene rings is 1. The lowest BCUT2D eigenvalue weighted by molar-refractivity contribution is -0.132. The number of carbonyl (C=O) groups is 1. The minimum absolute atomic E-state index is 0.175. The van der Waals surface area contributed by atoms with Gasteiger partial charge in [-0.2, -0.15) is 0 Å². The van der Waals surface area contributed by atoms with E-state index in [4.69, 9.17) is 21.4 Å². The highest BCUT2D eigenvalue weighted by Crippen LogP contribution is 2.27. The maximum Gasteiger partial charge on any atom is 0.331 e. The van der Waals surface area contributed by atoms with Crippen LogP contribution in [0.5, 0.6) is 5.75 Å². The second-order valence-electron chi connectivity index (χ2n) is 3.08. The van der Waals surface area contributed by atoms with Crippen LogP contribution >= 0.6 is 27.5 Å². The first-order valence-corrected chi connectivity index (χ1v) is 5.65. The summed E-state index contributed by atoms with van der Waals surface area (Å²) in [5.41, 5.74) is 0.242. The van der Waals surface area contributed by atoms with Crippen molar-refractivity contribution in [2.45, 2.75) is 6.92 Å². The molecule has 0 bridgehead atoms. The fraction of sp³-hybridized carbons (Fsp3) is 0.182. The second-order valence-corrected chi connectivity index (χ2v) is 4.40. The fourth-order valence-electron chi connectivity index (χ4n) is 0.932. The molecule has 0 heterocycles. The summed E-state index contributed by atoms with van der Waals surface area (Å²) in [6.45, 7) is 1.68. The number of rotatable bonds is 4. The number of hydrogen-bond acceptors (Lipinski definition) is 2. The molecule has 0 saturated carbocycles. The summed E-state index contributed by atoms with van der Waals surface area (Å²) >= 11 is 9.18. The number of aliphatic carboxylic acids is 1. The molecule has 0 fully saturated rings.